The predicted octanol–water partition coefficient (Wildman–Crippen LogP) is 2.39. The average Bonchev–Trinajstić information content (AvgIpc) is 2.04. The molecule has 4 heteroatoms. The second kappa shape index (κ2) is 2.86. The number of benzene rings is 1. The van der Waals surface area contributed by atoms with Crippen molar-refractivity contribution in [3.05, 3.63) is 28.0 Å². The Morgan fingerprint density at radius 3 is 3.17 bits per heavy atom. The highest BCUT2D eigenvalue weighted by atomic mass is 79.9. The van der Waals surface area contributed by atoms with Crippen LogP contribution in [0.2, 0.25) is 0 Å². The number of hydrogen-bond acceptors (Lipinski definition) is 2. The molecule has 0 fully saturated rings. The Labute approximate surface area is 77.6 Å². The van der Waals surface area contributed by atoms with Crippen LogP contribution >= 0.6 is 15.9 Å². The molecule has 0 unspecified atom stereocenters. The standard InChI is InChI=1S/C8H6BrFN2/c9-5-1-7(10)6-3-11-4-12-8(6)2-5/h1-3,12H,4H2. The van der Waals surface area contributed by atoms with Crippen LogP contribution in [0.5, 0.6) is 0 Å². The first-order valence-electron chi connectivity index (χ1n) is 3.50. The van der Waals surface area contributed by atoms with Crippen LogP contribution < -0.4 is 5.32 Å². The molecule has 1 heterocycles. The van der Waals surface area contributed by atoms with Gasteiger partial charge in [-0.25, -0.2) is 4.39 Å². The fourth-order valence-corrected chi connectivity index (χ4v) is 1.56. The summed E-state index contributed by atoms with van der Waals surface area (Å²) in [5.74, 6) is -0.254. The van der Waals surface area contributed by atoms with Crippen molar-refractivity contribution in [3.63, 3.8) is 0 Å². The Bertz CT molecular complexity index is 349. The number of hydrogen-bond donors (Lipinski definition) is 1. The van der Waals surface area contributed by atoms with Crippen LogP contribution in [0.3, 0.4) is 0 Å². The molecule has 0 radical (unpaired) electrons. The average molecular weight is 229 g/mol. The molecule has 0 saturated carbocycles. The fraction of sp³-hybridized carbons (Fsp3) is 0.125. The molecule has 0 amide bonds. The van der Waals surface area contributed by atoms with Gasteiger partial charge in [0.15, 0.2) is 0 Å². The van der Waals surface area contributed by atoms with Crippen molar-refractivity contribution >= 4 is 27.8 Å². The molecular formula is C8H6BrFN2. The zero-order chi connectivity index (χ0) is 8.55. The van der Waals surface area contributed by atoms with Gasteiger partial charge in [0, 0.05) is 16.4 Å². The van der Waals surface area contributed by atoms with Gasteiger partial charge in [-0.3, -0.25) is 4.99 Å². The van der Waals surface area contributed by atoms with Gasteiger partial charge in [0.05, 0.1) is 5.56 Å². The monoisotopic (exact) mass is 228 g/mol. The van der Waals surface area contributed by atoms with E-state index in [4.69, 9.17) is 0 Å². The number of fused-ring (bicyclic) bond motifs is 1. The summed E-state index contributed by atoms with van der Waals surface area (Å²) in [6, 6.07) is 3.27. The molecular weight excluding hydrogens is 223 g/mol. The van der Waals surface area contributed by atoms with Gasteiger partial charge >= 0.3 is 0 Å². The summed E-state index contributed by atoms with van der Waals surface area (Å²) in [5.41, 5.74) is 1.32. The van der Waals surface area contributed by atoms with Gasteiger partial charge < -0.3 is 5.32 Å². The van der Waals surface area contributed by atoms with Gasteiger partial charge in [-0.1, -0.05) is 15.9 Å². The minimum atomic E-state index is -0.254. The summed E-state index contributed by atoms with van der Waals surface area (Å²) in [7, 11) is 0. The van der Waals surface area contributed by atoms with Crippen LogP contribution in [0.25, 0.3) is 0 Å². The first kappa shape index (κ1) is 7.73. The van der Waals surface area contributed by atoms with Gasteiger partial charge in [-0.15, -0.1) is 0 Å². The number of nitrogens with zero attached hydrogens (tertiary/aromatic N) is 1. The summed E-state index contributed by atoms with van der Waals surface area (Å²) < 4.78 is 13.9. The summed E-state index contributed by atoms with van der Waals surface area (Å²) in [5, 5.41) is 2.98. The molecule has 0 atom stereocenters. The first-order valence-corrected chi connectivity index (χ1v) is 4.29. The van der Waals surface area contributed by atoms with Gasteiger partial charge in [-0.05, 0) is 12.1 Å². The van der Waals surface area contributed by atoms with Gasteiger partial charge in [0.2, 0.25) is 0 Å². The Morgan fingerprint density at radius 2 is 2.33 bits per heavy atom. The molecule has 12 heavy (non-hydrogen) atoms. The quantitative estimate of drug-likeness (QED) is 0.725. The summed E-state index contributed by atoms with van der Waals surface area (Å²) >= 11 is 3.22. The largest absolute Gasteiger partial charge is 0.366 e. The van der Waals surface area contributed by atoms with Crippen molar-refractivity contribution in [2.45, 2.75) is 0 Å². The number of aliphatic imine (C=N–C) groups is 1. The summed E-state index contributed by atoms with van der Waals surface area (Å²) in [4.78, 5) is 3.92. The molecule has 1 aromatic rings. The van der Waals surface area contributed by atoms with Crippen LogP contribution in [-0.4, -0.2) is 12.9 Å². The summed E-state index contributed by atoms with van der Waals surface area (Å²) in [6.07, 6.45) is 1.55. The van der Waals surface area contributed by atoms with Crippen molar-refractivity contribution in [3.8, 4) is 0 Å². The molecule has 1 aliphatic heterocycles. The second-order valence-electron chi connectivity index (χ2n) is 2.50. The highest BCUT2D eigenvalue weighted by molar-refractivity contribution is 9.10. The minimum absolute atomic E-state index is 0.254. The highest BCUT2D eigenvalue weighted by Crippen LogP contribution is 2.24. The molecule has 1 aromatic carbocycles. The molecule has 0 bridgehead atoms. The lowest BCUT2D eigenvalue weighted by molar-refractivity contribution is 0.625. The van der Waals surface area contributed by atoms with E-state index in [1.165, 1.54) is 6.07 Å². The maximum absolute atomic E-state index is 13.2. The molecule has 62 valence electrons. The number of rotatable bonds is 0. The minimum Gasteiger partial charge on any atom is -0.366 e. The van der Waals surface area contributed by atoms with Crippen molar-refractivity contribution < 1.29 is 4.39 Å². The maximum Gasteiger partial charge on any atom is 0.135 e. The molecule has 2 rings (SSSR count). The van der Waals surface area contributed by atoms with E-state index in [2.05, 4.69) is 26.2 Å². The lowest BCUT2D eigenvalue weighted by Crippen LogP contribution is -2.09. The van der Waals surface area contributed by atoms with E-state index in [-0.39, 0.29) is 5.82 Å². The van der Waals surface area contributed by atoms with Crippen molar-refractivity contribution in [2.75, 3.05) is 12.0 Å². The third-order valence-electron chi connectivity index (χ3n) is 1.68. The highest BCUT2D eigenvalue weighted by Gasteiger charge is 2.10. The third kappa shape index (κ3) is 1.22. The Kier molecular flexibility index (Phi) is 1.84. The smallest absolute Gasteiger partial charge is 0.135 e. The lowest BCUT2D eigenvalue weighted by atomic mass is 10.1. The number of halogens is 2. The van der Waals surface area contributed by atoms with Gasteiger partial charge in [0.1, 0.15) is 12.5 Å². The van der Waals surface area contributed by atoms with Gasteiger partial charge in [-0.2, -0.15) is 0 Å². The molecule has 1 aliphatic rings. The molecule has 0 aliphatic carbocycles. The number of anilines is 1. The van der Waals surface area contributed by atoms with Crippen LogP contribution in [0, 0.1) is 5.82 Å². The van der Waals surface area contributed by atoms with E-state index < -0.39 is 0 Å². The zero-order valence-electron chi connectivity index (χ0n) is 6.14. The summed E-state index contributed by atoms with van der Waals surface area (Å²) in [6.45, 7) is 0.517. The van der Waals surface area contributed by atoms with E-state index in [9.17, 15) is 4.39 Å². The first-order chi connectivity index (χ1) is 5.77. The fourth-order valence-electron chi connectivity index (χ4n) is 1.13. The van der Waals surface area contributed by atoms with Crippen LogP contribution in [-0.2, 0) is 0 Å². The molecule has 0 spiro atoms. The van der Waals surface area contributed by atoms with Crippen molar-refractivity contribution in [1.82, 2.24) is 0 Å². The third-order valence-corrected chi connectivity index (χ3v) is 2.13. The number of nitrogens with one attached hydrogen (secondary N) is 1. The predicted molar refractivity (Wildman–Crippen MR) is 50.2 cm³/mol. The van der Waals surface area contributed by atoms with E-state index in [0.717, 1.165) is 10.2 Å². The zero-order valence-corrected chi connectivity index (χ0v) is 7.73. The maximum atomic E-state index is 13.2. The molecule has 0 saturated heterocycles. The van der Waals surface area contributed by atoms with E-state index >= 15 is 0 Å². The Morgan fingerprint density at radius 1 is 1.50 bits per heavy atom. The van der Waals surface area contributed by atoms with E-state index in [1.807, 2.05) is 6.07 Å². The topological polar surface area (TPSA) is 24.4 Å². The molecule has 2 nitrogen and oxygen atoms in total. The lowest BCUT2D eigenvalue weighted by Gasteiger charge is -2.12. The van der Waals surface area contributed by atoms with Crippen LogP contribution in [0.1, 0.15) is 5.56 Å². The Balaban J connectivity index is 2.62. The molecule has 0 aromatic heterocycles. The van der Waals surface area contributed by atoms with Crippen molar-refractivity contribution in [2.24, 2.45) is 4.99 Å². The van der Waals surface area contributed by atoms with Crippen LogP contribution in [0.4, 0.5) is 10.1 Å². The van der Waals surface area contributed by atoms with Crippen LogP contribution in [0.15, 0.2) is 21.6 Å². The van der Waals surface area contributed by atoms with E-state index in [0.29, 0.717) is 12.2 Å². The normalized spacial score (nSPS) is 13.8. The molecule has 1 N–H and O–H groups in total. The SMILES string of the molecule is Fc1cc(Br)cc2c1C=NCN2. The second-order valence-corrected chi connectivity index (χ2v) is 3.41. The Hall–Kier alpha value is -0.900. The van der Waals surface area contributed by atoms with Crippen molar-refractivity contribution in [1.29, 1.82) is 0 Å². The van der Waals surface area contributed by atoms with E-state index in [1.54, 1.807) is 6.21 Å². The van der Waals surface area contributed by atoms with Gasteiger partial charge in [0.25, 0.3) is 0 Å².